The van der Waals surface area contributed by atoms with E-state index < -0.39 is 0 Å². The van der Waals surface area contributed by atoms with Crippen LogP contribution >= 0.6 is 0 Å². The molecule has 3 nitrogen and oxygen atoms in total. The average Bonchev–Trinajstić information content (AvgIpc) is 2.46. The van der Waals surface area contributed by atoms with Crippen LogP contribution in [0.3, 0.4) is 0 Å². The summed E-state index contributed by atoms with van der Waals surface area (Å²) < 4.78 is 11.6. The monoisotopic (exact) mass is 293 g/mol. The number of ether oxygens (including phenoxy) is 2. The molecule has 0 aliphatic rings. The Bertz CT molecular complexity index is 379. The molecule has 0 aliphatic heterocycles. The lowest BCUT2D eigenvalue weighted by Gasteiger charge is -2.21. The normalized spacial score (nSPS) is 12.6. The van der Waals surface area contributed by atoms with E-state index in [0.29, 0.717) is 13.2 Å². The van der Waals surface area contributed by atoms with Gasteiger partial charge in [0.15, 0.2) is 0 Å². The standard InChI is InChI=1S/C18H31NO2/c1-5-19-17(14-20-13-9-10-15(3)4)16-11-7-8-12-18(16)21-6-2/h7-8,11-12,15,17,19H,5-6,9-10,13-14H2,1-4H3. The van der Waals surface area contributed by atoms with Gasteiger partial charge < -0.3 is 14.8 Å². The van der Waals surface area contributed by atoms with Gasteiger partial charge in [0.1, 0.15) is 5.75 Å². The molecule has 21 heavy (non-hydrogen) atoms. The van der Waals surface area contributed by atoms with Crippen LogP contribution in [0.2, 0.25) is 0 Å². The van der Waals surface area contributed by atoms with Crippen molar-refractivity contribution in [3.63, 3.8) is 0 Å². The van der Waals surface area contributed by atoms with E-state index in [4.69, 9.17) is 9.47 Å². The SMILES string of the molecule is CCNC(COCCCC(C)C)c1ccccc1OCC. The maximum absolute atomic E-state index is 5.87. The number of hydrogen-bond acceptors (Lipinski definition) is 3. The number of likely N-dealkylation sites (N-methyl/N-ethyl adjacent to an activating group) is 1. The molecule has 120 valence electrons. The molecule has 1 unspecified atom stereocenters. The van der Waals surface area contributed by atoms with Crippen LogP contribution in [0.15, 0.2) is 24.3 Å². The van der Waals surface area contributed by atoms with Gasteiger partial charge in [-0.25, -0.2) is 0 Å². The molecular weight excluding hydrogens is 262 g/mol. The van der Waals surface area contributed by atoms with Crippen LogP contribution in [0.25, 0.3) is 0 Å². The zero-order valence-corrected chi connectivity index (χ0v) is 14.0. The summed E-state index contributed by atoms with van der Waals surface area (Å²) in [5, 5.41) is 3.49. The molecule has 3 heteroatoms. The first kappa shape index (κ1) is 18.0. The molecule has 0 saturated carbocycles. The highest BCUT2D eigenvalue weighted by Gasteiger charge is 2.15. The summed E-state index contributed by atoms with van der Waals surface area (Å²) in [6.45, 7) is 11.8. The fourth-order valence-electron chi connectivity index (χ4n) is 2.36. The summed E-state index contributed by atoms with van der Waals surface area (Å²) in [6, 6.07) is 8.41. The molecule has 0 bridgehead atoms. The van der Waals surface area contributed by atoms with E-state index in [2.05, 4.69) is 38.2 Å². The van der Waals surface area contributed by atoms with E-state index in [1.54, 1.807) is 0 Å². The molecule has 0 saturated heterocycles. The molecule has 0 radical (unpaired) electrons. The van der Waals surface area contributed by atoms with Gasteiger partial charge in [0.05, 0.1) is 19.3 Å². The number of hydrogen-bond donors (Lipinski definition) is 1. The summed E-state index contributed by atoms with van der Waals surface area (Å²) in [5.74, 6) is 1.70. The molecule has 0 fully saturated rings. The van der Waals surface area contributed by atoms with Crippen molar-refractivity contribution < 1.29 is 9.47 Å². The predicted octanol–water partition coefficient (Wildman–Crippen LogP) is 4.19. The third-order valence-electron chi connectivity index (χ3n) is 3.40. The van der Waals surface area contributed by atoms with Crippen LogP contribution in [0.4, 0.5) is 0 Å². The van der Waals surface area contributed by atoms with E-state index in [-0.39, 0.29) is 6.04 Å². The number of benzene rings is 1. The smallest absolute Gasteiger partial charge is 0.124 e. The maximum atomic E-state index is 5.87. The number of para-hydroxylation sites is 1. The summed E-state index contributed by atoms with van der Waals surface area (Å²) in [4.78, 5) is 0. The van der Waals surface area contributed by atoms with Gasteiger partial charge in [-0.1, -0.05) is 39.0 Å². The van der Waals surface area contributed by atoms with Gasteiger partial charge >= 0.3 is 0 Å². The summed E-state index contributed by atoms with van der Waals surface area (Å²) >= 11 is 0. The average molecular weight is 293 g/mol. The van der Waals surface area contributed by atoms with Crippen LogP contribution in [0.1, 0.15) is 52.1 Å². The van der Waals surface area contributed by atoms with E-state index >= 15 is 0 Å². The molecule has 1 atom stereocenters. The van der Waals surface area contributed by atoms with Crippen molar-refractivity contribution in [2.24, 2.45) is 5.92 Å². The largest absolute Gasteiger partial charge is 0.494 e. The Labute approximate surface area is 130 Å². The Balaban J connectivity index is 2.56. The molecule has 1 aromatic carbocycles. The molecule has 1 N–H and O–H groups in total. The fraction of sp³-hybridized carbons (Fsp3) is 0.667. The van der Waals surface area contributed by atoms with E-state index in [1.165, 1.54) is 12.0 Å². The first-order chi connectivity index (χ1) is 10.2. The summed E-state index contributed by atoms with van der Waals surface area (Å²) in [5.41, 5.74) is 1.19. The van der Waals surface area contributed by atoms with Crippen molar-refractivity contribution in [2.45, 2.75) is 46.6 Å². The third kappa shape index (κ3) is 6.96. The zero-order chi connectivity index (χ0) is 15.5. The Morgan fingerprint density at radius 2 is 1.90 bits per heavy atom. The quantitative estimate of drug-likeness (QED) is 0.621. The lowest BCUT2D eigenvalue weighted by atomic mass is 10.1. The Hall–Kier alpha value is -1.06. The van der Waals surface area contributed by atoms with Crippen LogP contribution < -0.4 is 10.1 Å². The highest BCUT2D eigenvalue weighted by Crippen LogP contribution is 2.25. The lowest BCUT2D eigenvalue weighted by Crippen LogP contribution is -2.26. The first-order valence-corrected chi connectivity index (χ1v) is 8.21. The molecule has 1 aromatic rings. The van der Waals surface area contributed by atoms with E-state index in [1.807, 2.05) is 19.1 Å². The Morgan fingerprint density at radius 1 is 1.14 bits per heavy atom. The van der Waals surface area contributed by atoms with E-state index in [0.717, 1.165) is 31.2 Å². The summed E-state index contributed by atoms with van der Waals surface area (Å²) in [6.07, 6.45) is 2.35. The van der Waals surface area contributed by atoms with Crippen molar-refractivity contribution >= 4 is 0 Å². The van der Waals surface area contributed by atoms with Gasteiger partial charge in [-0.05, 0) is 38.3 Å². The highest BCUT2D eigenvalue weighted by molar-refractivity contribution is 5.36. The van der Waals surface area contributed by atoms with Gasteiger partial charge in [-0.15, -0.1) is 0 Å². The minimum Gasteiger partial charge on any atom is -0.494 e. The number of nitrogens with one attached hydrogen (secondary N) is 1. The fourth-order valence-corrected chi connectivity index (χ4v) is 2.36. The molecular formula is C18H31NO2. The van der Waals surface area contributed by atoms with Crippen molar-refractivity contribution in [1.82, 2.24) is 5.32 Å². The molecule has 0 aromatic heterocycles. The highest BCUT2D eigenvalue weighted by atomic mass is 16.5. The van der Waals surface area contributed by atoms with Crippen molar-refractivity contribution in [2.75, 3.05) is 26.4 Å². The third-order valence-corrected chi connectivity index (χ3v) is 3.40. The maximum Gasteiger partial charge on any atom is 0.124 e. The molecule has 0 spiro atoms. The van der Waals surface area contributed by atoms with Crippen LogP contribution in [-0.2, 0) is 4.74 Å². The molecule has 1 rings (SSSR count). The molecule has 0 aliphatic carbocycles. The summed E-state index contributed by atoms with van der Waals surface area (Å²) in [7, 11) is 0. The van der Waals surface area contributed by atoms with Crippen LogP contribution in [-0.4, -0.2) is 26.4 Å². The topological polar surface area (TPSA) is 30.5 Å². The lowest BCUT2D eigenvalue weighted by molar-refractivity contribution is 0.105. The van der Waals surface area contributed by atoms with Gasteiger partial charge in [0.25, 0.3) is 0 Å². The van der Waals surface area contributed by atoms with Gasteiger partial charge in [0, 0.05) is 12.2 Å². The predicted molar refractivity (Wildman–Crippen MR) is 88.9 cm³/mol. The van der Waals surface area contributed by atoms with Crippen LogP contribution in [0.5, 0.6) is 5.75 Å². The van der Waals surface area contributed by atoms with Crippen molar-refractivity contribution in [3.8, 4) is 5.75 Å². The molecule has 0 amide bonds. The minimum absolute atomic E-state index is 0.191. The van der Waals surface area contributed by atoms with Crippen LogP contribution in [0, 0.1) is 5.92 Å². The van der Waals surface area contributed by atoms with Crippen molar-refractivity contribution in [3.05, 3.63) is 29.8 Å². The minimum atomic E-state index is 0.191. The van der Waals surface area contributed by atoms with Gasteiger partial charge in [-0.3, -0.25) is 0 Å². The Morgan fingerprint density at radius 3 is 2.57 bits per heavy atom. The van der Waals surface area contributed by atoms with Gasteiger partial charge in [-0.2, -0.15) is 0 Å². The second-order valence-corrected chi connectivity index (χ2v) is 5.69. The Kier molecular flexibility index (Phi) is 9.11. The molecule has 0 heterocycles. The van der Waals surface area contributed by atoms with E-state index in [9.17, 15) is 0 Å². The second kappa shape index (κ2) is 10.6. The second-order valence-electron chi connectivity index (χ2n) is 5.69. The number of rotatable bonds is 11. The zero-order valence-electron chi connectivity index (χ0n) is 14.0. The van der Waals surface area contributed by atoms with Crippen molar-refractivity contribution in [1.29, 1.82) is 0 Å². The first-order valence-electron chi connectivity index (χ1n) is 8.21. The van der Waals surface area contributed by atoms with Gasteiger partial charge in [0.2, 0.25) is 0 Å².